The molecule has 3 heteroatoms. The van der Waals surface area contributed by atoms with Crippen molar-refractivity contribution in [3.05, 3.63) is 30.1 Å². The molecule has 0 radical (unpaired) electrons. The van der Waals surface area contributed by atoms with Crippen molar-refractivity contribution < 1.29 is 5.21 Å². The van der Waals surface area contributed by atoms with Crippen LogP contribution in [0.25, 0.3) is 0 Å². The Balaban J connectivity index is 2.27. The zero-order valence-corrected chi connectivity index (χ0v) is 7.35. The van der Waals surface area contributed by atoms with Crippen molar-refractivity contribution in [1.82, 2.24) is 4.98 Å². The van der Waals surface area contributed by atoms with Crippen LogP contribution in [0.1, 0.15) is 30.9 Å². The van der Waals surface area contributed by atoms with Crippen LogP contribution in [-0.2, 0) is 0 Å². The maximum absolute atomic E-state index is 8.76. The number of rotatable bonds is 1. The van der Waals surface area contributed by atoms with Crippen LogP contribution in [-0.4, -0.2) is 15.9 Å². The molecule has 1 heterocycles. The van der Waals surface area contributed by atoms with E-state index in [0.29, 0.717) is 0 Å². The molecule has 0 bridgehead atoms. The normalized spacial score (nSPS) is 25.2. The summed E-state index contributed by atoms with van der Waals surface area (Å²) < 4.78 is 0. The van der Waals surface area contributed by atoms with Crippen molar-refractivity contribution in [3.63, 3.8) is 0 Å². The number of hydrogen-bond acceptors (Lipinski definition) is 3. The number of aromatic nitrogens is 1. The van der Waals surface area contributed by atoms with Gasteiger partial charge in [-0.3, -0.25) is 4.98 Å². The Morgan fingerprint density at radius 2 is 2.38 bits per heavy atom. The number of oxime groups is 1. The van der Waals surface area contributed by atoms with Crippen LogP contribution in [0, 0.1) is 0 Å². The molecule has 1 saturated carbocycles. The molecule has 0 aliphatic heterocycles. The Kier molecular flexibility index (Phi) is 2.25. The largest absolute Gasteiger partial charge is 0.411 e. The van der Waals surface area contributed by atoms with Gasteiger partial charge in [0.15, 0.2) is 0 Å². The average molecular weight is 176 g/mol. The lowest BCUT2D eigenvalue weighted by Crippen LogP contribution is -2.06. The fraction of sp³-hybridized carbons (Fsp3) is 0.400. The maximum Gasteiger partial charge on any atom is 0.0661 e. The van der Waals surface area contributed by atoms with Gasteiger partial charge in [0.25, 0.3) is 0 Å². The van der Waals surface area contributed by atoms with Crippen LogP contribution in [0.3, 0.4) is 0 Å². The molecule has 1 N–H and O–H groups in total. The Labute approximate surface area is 77.1 Å². The second-order valence-corrected chi connectivity index (χ2v) is 3.29. The third-order valence-electron chi connectivity index (χ3n) is 2.50. The van der Waals surface area contributed by atoms with E-state index in [0.717, 1.165) is 30.7 Å². The summed E-state index contributed by atoms with van der Waals surface area (Å²) in [6, 6.07) is 5.85. The lowest BCUT2D eigenvalue weighted by atomic mass is 10.0. The third-order valence-corrected chi connectivity index (χ3v) is 2.50. The molecule has 1 aliphatic carbocycles. The van der Waals surface area contributed by atoms with Gasteiger partial charge in [-0.25, -0.2) is 0 Å². The highest BCUT2D eigenvalue weighted by Gasteiger charge is 2.25. The van der Waals surface area contributed by atoms with Gasteiger partial charge in [-0.1, -0.05) is 11.2 Å². The molecule has 13 heavy (non-hydrogen) atoms. The Bertz CT molecular complexity index is 308. The molecule has 0 spiro atoms. The van der Waals surface area contributed by atoms with Gasteiger partial charge in [-0.15, -0.1) is 0 Å². The molecule has 1 aromatic rings. The third kappa shape index (κ3) is 1.54. The lowest BCUT2D eigenvalue weighted by molar-refractivity contribution is 0.316. The summed E-state index contributed by atoms with van der Waals surface area (Å²) in [7, 11) is 0. The minimum Gasteiger partial charge on any atom is -0.411 e. The fourth-order valence-electron chi connectivity index (χ4n) is 1.85. The highest BCUT2D eigenvalue weighted by molar-refractivity contribution is 5.91. The molecule has 1 atom stereocenters. The molecular weight excluding hydrogens is 164 g/mol. The first-order valence-corrected chi connectivity index (χ1v) is 4.53. The highest BCUT2D eigenvalue weighted by Crippen LogP contribution is 2.30. The van der Waals surface area contributed by atoms with Crippen molar-refractivity contribution in [1.29, 1.82) is 0 Å². The summed E-state index contributed by atoms with van der Waals surface area (Å²) in [6.07, 6.45) is 4.83. The molecule has 1 aliphatic rings. The first-order chi connectivity index (χ1) is 6.42. The van der Waals surface area contributed by atoms with E-state index in [1.54, 1.807) is 6.20 Å². The molecular formula is C10H12N2O. The SMILES string of the molecule is O/N=C1/CCCC1c1ccccn1. The summed E-state index contributed by atoms with van der Waals surface area (Å²) in [6.45, 7) is 0. The summed E-state index contributed by atoms with van der Waals surface area (Å²) in [5, 5.41) is 12.1. The zero-order chi connectivity index (χ0) is 9.10. The van der Waals surface area contributed by atoms with E-state index in [2.05, 4.69) is 10.1 Å². The van der Waals surface area contributed by atoms with Gasteiger partial charge in [0.1, 0.15) is 0 Å². The molecule has 3 nitrogen and oxygen atoms in total. The minimum atomic E-state index is 0.242. The molecule has 0 saturated heterocycles. The Morgan fingerprint density at radius 1 is 1.46 bits per heavy atom. The lowest BCUT2D eigenvalue weighted by Gasteiger charge is -2.07. The molecule has 1 aromatic heterocycles. The maximum atomic E-state index is 8.76. The van der Waals surface area contributed by atoms with Gasteiger partial charge in [-0.05, 0) is 31.4 Å². The minimum absolute atomic E-state index is 0.242. The van der Waals surface area contributed by atoms with E-state index in [1.165, 1.54) is 0 Å². The summed E-state index contributed by atoms with van der Waals surface area (Å²) in [4.78, 5) is 4.27. The van der Waals surface area contributed by atoms with Crippen LogP contribution in [0.2, 0.25) is 0 Å². The second-order valence-electron chi connectivity index (χ2n) is 3.29. The predicted molar refractivity (Wildman–Crippen MR) is 50.1 cm³/mol. The molecule has 2 rings (SSSR count). The Morgan fingerprint density at radius 3 is 3.08 bits per heavy atom. The summed E-state index contributed by atoms with van der Waals surface area (Å²) in [5.74, 6) is 0.242. The van der Waals surface area contributed by atoms with Crippen molar-refractivity contribution in [2.24, 2.45) is 5.16 Å². The quantitative estimate of drug-likeness (QED) is 0.526. The van der Waals surface area contributed by atoms with Crippen LogP contribution in [0.4, 0.5) is 0 Å². The van der Waals surface area contributed by atoms with Gasteiger partial charge in [0.2, 0.25) is 0 Å². The van der Waals surface area contributed by atoms with E-state index in [9.17, 15) is 0 Å². The monoisotopic (exact) mass is 176 g/mol. The van der Waals surface area contributed by atoms with Gasteiger partial charge in [0.05, 0.1) is 5.71 Å². The predicted octanol–water partition coefficient (Wildman–Crippen LogP) is 2.18. The van der Waals surface area contributed by atoms with E-state index >= 15 is 0 Å². The Hall–Kier alpha value is -1.38. The second kappa shape index (κ2) is 3.56. The van der Waals surface area contributed by atoms with E-state index in [4.69, 9.17) is 5.21 Å². The van der Waals surface area contributed by atoms with Crippen molar-refractivity contribution >= 4 is 5.71 Å². The molecule has 68 valence electrons. The van der Waals surface area contributed by atoms with E-state index in [-0.39, 0.29) is 5.92 Å². The van der Waals surface area contributed by atoms with Crippen LogP contribution < -0.4 is 0 Å². The molecule has 0 aromatic carbocycles. The van der Waals surface area contributed by atoms with E-state index < -0.39 is 0 Å². The first-order valence-electron chi connectivity index (χ1n) is 4.53. The topological polar surface area (TPSA) is 45.5 Å². The standard InChI is InChI=1S/C10H12N2O/c13-12-10-6-3-4-8(10)9-5-1-2-7-11-9/h1-2,5,7-8,13H,3-4,6H2/b12-10-. The fourth-order valence-corrected chi connectivity index (χ4v) is 1.85. The summed E-state index contributed by atoms with van der Waals surface area (Å²) in [5.41, 5.74) is 1.89. The van der Waals surface area contributed by atoms with Gasteiger partial charge < -0.3 is 5.21 Å². The molecule has 1 fully saturated rings. The number of hydrogen-bond donors (Lipinski definition) is 1. The van der Waals surface area contributed by atoms with Gasteiger partial charge in [-0.2, -0.15) is 0 Å². The average Bonchev–Trinajstić information content (AvgIpc) is 2.67. The van der Waals surface area contributed by atoms with Gasteiger partial charge in [0, 0.05) is 17.8 Å². The van der Waals surface area contributed by atoms with E-state index in [1.807, 2.05) is 18.2 Å². The summed E-state index contributed by atoms with van der Waals surface area (Å²) >= 11 is 0. The number of nitrogens with zero attached hydrogens (tertiary/aromatic N) is 2. The van der Waals surface area contributed by atoms with Crippen LogP contribution >= 0.6 is 0 Å². The van der Waals surface area contributed by atoms with Crippen molar-refractivity contribution in [2.45, 2.75) is 25.2 Å². The highest BCUT2D eigenvalue weighted by atomic mass is 16.4. The molecule has 0 amide bonds. The zero-order valence-electron chi connectivity index (χ0n) is 7.35. The molecule has 1 unspecified atom stereocenters. The number of pyridine rings is 1. The van der Waals surface area contributed by atoms with Crippen LogP contribution in [0.15, 0.2) is 29.6 Å². The van der Waals surface area contributed by atoms with Gasteiger partial charge >= 0.3 is 0 Å². The smallest absolute Gasteiger partial charge is 0.0661 e. The first kappa shape index (κ1) is 8.23. The van der Waals surface area contributed by atoms with Crippen molar-refractivity contribution in [3.8, 4) is 0 Å². The van der Waals surface area contributed by atoms with Crippen molar-refractivity contribution in [2.75, 3.05) is 0 Å². The van der Waals surface area contributed by atoms with Crippen LogP contribution in [0.5, 0.6) is 0 Å².